The van der Waals surface area contributed by atoms with E-state index in [-0.39, 0.29) is 5.41 Å². The molecule has 3 aromatic heterocycles. The molecule has 3 nitrogen and oxygen atoms in total. The van der Waals surface area contributed by atoms with E-state index < -0.39 is 7.92 Å². The molecule has 0 saturated carbocycles. The Labute approximate surface area is 226 Å². The van der Waals surface area contributed by atoms with Crippen molar-refractivity contribution in [1.29, 1.82) is 0 Å². The average molecular weight is 514 g/mol. The first kappa shape index (κ1) is 24.5. The van der Waals surface area contributed by atoms with E-state index >= 15 is 0 Å². The van der Waals surface area contributed by atoms with Crippen LogP contribution in [-0.2, 0) is 5.41 Å². The molecular formula is C34H32N3P. The van der Waals surface area contributed by atoms with E-state index in [9.17, 15) is 0 Å². The average Bonchev–Trinajstić information content (AvgIpc) is 3.26. The minimum absolute atomic E-state index is 0.0483. The van der Waals surface area contributed by atoms with Crippen molar-refractivity contribution < 1.29 is 0 Å². The summed E-state index contributed by atoms with van der Waals surface area (Å²) >= 11 is 0. The number of benzene rings is 3. The summed E-state index contributed by atoms with van der Waals surface area (Å²) in [5, 5.41) is 3.81. The number of hydrogen-bond donors (Lipinski definition) is 0. The van der Waals surface area contributed by atoms with Gasteiger partial charge in [0, 0.05) is 23.2 Å². The van der Waals surface area contributed by atoms with E-state index in [1.165, 1.54) is 49.4 Å². The Kier molecular flexibility index (Phi) is 6.13. The van der Waals surface area contributed by atoms with Crippen molar-refractivity contribution >= 4 is 40.5 Å². The number of fused-ring (bicyclic) bond motifs is 3. The Hall–Kier alpha value is -3.81. The molecule has 38 heavy (non-hydrogen) atoms. The molecule has 6 rings (SSSR count). The van der Waals surface area contributed by atoms with E-state index in [0.29, 0.717) is 0 Å². The number of aromatic nitrogens is 3. The second-order valence-electron chi connectivity index (χ2n) is 11.0. The van der Waals surface area contributed by atoms with Crippen molar-refractivity contribution in [2.75, 3.05) is 6.66 Å². The molecule has 0 saturated heterocycles. The molecule has 6 aromatic rings. The number of para-hydroxylation sites is 1. The van der Waals surface area contributed by atoms with Crippen LogP contribution in [0.15, 0.2) is 103 Å². The van der Waals surface area contributed by atoms with E-state index in [1.807, 2.05) is 12.4 Å². The van der Waals surface area contributed by atoms with Gasteiger partial charge >= 0.3 is 0 Å². The Bertz CT molecular complexity index is 1790. The Morgan fingerprint density at radius 2 is 1.45 bits per heavy atom. The normalized spacial score (nSPS) is 12.8. The molecule has 0 aliphatic carbocycles. The highest BCUT2D eigenvalue weighted by Crippen LogP contribution is 2.36. The first-order valence-corrected chi connectivity index (χ1v) is 14.9. The third kappa shape index (κ3) is 4.42. The molecule has 1 atom stereocenters. The molecule has 3 aromatic carbocycles. The van der Waals surface area contributed by atoms with Gasteiger partial charge in [-0.3, -0.25) is 9.55 Å². The molecule has 4 heteroatoms. The summed E-state index contributed by atoms with van der Waals surface area (Å²) in [5.41, 5.74) is 8.52. The fourth-order valence-electron chi connectivity index (χ4n) is 5.13. The highest BCUT2D eigenvalue weighted by molar-refractivity contribution is 7.72. The lowest BCUT2D eigenvalue weighted by Crippen LogP contribution is -2.14. The predicted octanol–water partition coefficient (Wildman–Crippen LogP) is 7.91. The highest BCUT2D eigenvalue weighted by atomic mass is 31.1. The van der Waals surface area contributed by atoms with Gasteiger partial charge in [0.15, 0.2) is 0 Å². The standard InChI is InChI=1S/C34H32N3P/c1-23-15-17-36-33(19-23)38(5)27-10-8-9-24(20-27)25-13-14-29-28-11-6-7-12-30(28)37(31(29)21-25)32-22-26(16-18-35-32)34(2,3)4/h6-22H,1-5H3. The first-order valence-electron chi connectivity index (χ1n) is 13.1. The molecule has 0 amide bonds. The molecule has 0 fully saturated rings. The maximum absolute atomic E-state index is 4.83. The molecule has 0 spiro atoms. The van der Waals surface area contributed by atoms with Crippen molar-refractivity contribution in [2.24, 2.45) is 0 Å². The lowest BCUT2D eigenvalue weighted by Gasteiger charge is -2.20. The van der Waals surface area contributed by atoms with Crippen molar-refractivity contribution in [2.45, 2.75) is 33.1 Å². The molecule has 1 unspecified atom stereocenters. The van der Waals surface area contributed by atoms with Crippen LogP contribution in [0.5, 0.6) is 0 Å². The molecule has 3 heterocycles. The van der Waals surface area contributed by atoms with Gasteiger partial charge in [0.1, 0.15) is 5.82 Å². The smallest absolute Gasteiger partial charge is 0.137 e. The van der Waals surface area contributed by atoms with Gasteiger partial charge in [-0.1, -0.05) is 69.3 Å². The second kappa shape index (κ2) is 9.49. The molecular weight excluding hydrogens is 481 g/mol. The Balaban J connectivity index is 1.51. The minimum atomic E-state index is -0.528. The molecule has 0 N–H and O–H groups in total. The fourth-order valence-corrected chi connectivity index (χ4v) is 6.68. The molecule has 0 bridgehead atoms. The van der Waals surface area contributed by atoms with Crippen LogP contribution in [0.1, 0.15) is 31.9 Å². The molecule has 0 aliphatic rings. The molecule has 0 aliphatic heterocycles. The number of hydrogen-bond acceptors (Lipinski definition) is 2. The van der Waals surface area contributed by atoms with Crippen LogP contribution in [0.3, 0.4) is 0 Å². The van der Waals surface area contributed by atoms with Crippen LogP contribution in [0.25, 0.3) is 38.8 Å². The third-order valence-corrected chi connectivity index (χ3v) is 9.31. The van der Waals surface area contributed by atoms with Gasteiger partial charge in [-0.05, 0) is 96.9 Å². The van der Waals surface area contributed by atoms with Crippen LogP contribution in [0.4, 0.5) is 0 Å². The van der Waals surface area contributed by atoms with Crippen molar-refractivity contribution in [3.8, 4) is 16.9 Å². The lowest BCUT2D eigenvalue weighted by atomic mass is 9.88. The van der Waals surface area contributed by atoms with E-state index in [1.54, 1.807) is 0 Å². The summed E-state index contributed by atoms with van der Waals surface area (Å²) in [5.74, 6) is 0.956. The van der Waals surface area contributed by atoms with Crippen LogP contribution in [-0.4, -0.2) is 21.2 Å². The van der Waals surface area contributed by atoms with Crippen LogP contribution >= 0.6 is 7.92 Å². The largest absolute Gasteiger partial charge is 0.294 e. The number of aryl methyl sites for hydroxylation is 1. The summed E-state index contributed by atoms with van der Waals surface area (Å²) in [6.07, 6.45) is 3.86. The summed E-state index contributed by atoms with van der Waals surface area (Å²) < 4.78 is 2.32. The molecule has 0 radical (unpaired) electrons. The second-order valence-corrected chi connectivity index (χ2v) is 13.1. The quantitative estimate of drug-likeness (QED) is 0.224. The zero-order valence-corrected chi connectivity index (χ0v) is 23.5. The SMILES string of the molecule is Cc1ccnc(P(C)c2cccc(-c3ccc4c5ccccc5n(-c5cc(C(C)(C)C)ccn5)c4c3)c2)c1. The Morgan fingerprint density at radius 3 is 2.26 bits per heavy atom. The van der Waals surface area contributed by atoms with Crippen molar-refractivity contribution in [3.63, 3.8) is 0 Å². The number of rotatable bonds is 4. The van der Waals surface area contributed by atoms with E-state index in [2.05, 4.69) is 135 Å². The third-order valence-electron chi connectivity index (χ3n) is 7.33. The summed E-state index contributed by atoms with van der Waals surface area (Å²) in [6.45, 7) is 11.2. The maximum Gasteiger partial charge on any atom is 0.137 e. The van der Waals surface area contributed by atoms with Crippen LogP contribution < -0.4 is 10.7 Å². The zero-order valence-electron chi connectivity index (χ0n) is 22.6. The molecule has 188 valence electrons. The Morgan fingerprint density at radius 1 is 0.684 bits per heavy atom. The summed E-state index contributed by atoms with van der Waals surface area (Å²) in [4.78, 5) is 9.51. The monoisotopic (exact) mass is 513 g/mol. The van der Waals surface area contributed by atoms with Gasteiger partial charge in [0.05, 0.1) is 16.5 Å². The maximum atomic E-state index is 4.83. The highest BCUT2D eigenvalue weighted by Gasteiger charge is 2.18. The van der Waals surface area contributed by atoms with Gasteiger partial charge in [-0.15, -0.1) is 0 Å². The first-order chi connectivity index (χ1) is 18.3. The number of pyridine rings is 2. The topological polar surface area (TPSA) is 30.7 Å². The van der Waals surface area contributed by atoms with E-state index in [0.717, 1.165) is 11.3 Å². The number of nitrogens with zero attached hydrogens (tertiary/aromatic N) is 3. The summed E-state index contributed by atoms with van der Waals surface area (Å²) in [7, 11) is -0.528. The van der Waals surface area contributed by atoms with Crippen molar-refractivity contribution in [1.82, 2.24) is 14.5 Å². The van der Waals surface area contributed by atoms with Crippen molar-refractivity contribution in [3.05, 3.63) is 115 Å². The van der Waals surface area contributed by atoms with Gasteiger partial charge in [-0.25, -0.2) is 4.98 Å². The fraction of sp³-hybridized carbons (Fsp3) is 0.176. The van der Waals surface area contributed by atoms with Crippen LogP contribution in [0.2, 0.25) is 0 Å². The summed E-state index contributed by atoms with van der Waals surface area (Å²) in [6, 6.07) is 33.0. The minimum Gasteiger partial charge on any atom is -0.294 e. The van der Waals surface area contributed by atoms with E-state index in [4.69, 9.17) is 4.98 Å². The van der Waals surface area contributed by atoms with Gasteiger partial charge in [0.2, 0.25) is 0 Å². The zero-order chi connectivity index (χ0) is 26.4. The van der Waals surface area contributed by atoms with Gasteiger partial charge < -0.3 is 0 Å². The van der Waals surface area contributed by atoms with Gasteiger partial charge in [0.25, 0.3) is 0 Å². The van der Waals surface area contributed by atoms with Gasteiger partial charge in [-0.2, -0.15) is 0 Å². The lowest BCUT2D eigenvalue weighted by molar-refractivity contribution is 0.588. The predicted molar refractivity (Wildman–Crippen MR) is 164 cm³/mol. The van der Waals surface area contributed by atoms with Crippen LogP contribution in [0, 0.1) is 6.92 Å².